The topological polar surface area (TPSA) is 54.4 Å². The summed E-state index contributed by atoms with van der Waals surface area (Å²) < 4.78 is 5.07. The molecule has 1 aliphatic rings. The van der Waals surface area contributed by atoms with E-state index in [0.717, 1.165) is 37.9 Å². The van der Waals surface area contributed by atoms with E-state index in [1.807, 2.05) is 12.1 Å². The van der Waals surface area contributed by atoms with Crippen molar-refractivity contribution in [2.75, 3.05) is 43.1 Å². The number of hydrogen-bond acceptors (Lipinski definition) is 6. The molecule has 3 heterocycles. The maximum atomic E-state index is 5.86. The molecule has 7 heteroatoms. The Kier molecular flexibility index (Phi) is 4.06. The zero-order chi connectivity index (χ0) is 14.7. The van der Waals surface area contributed by atoms with Crippen molar-refractivity contribution in [2.45, 2.75) is 0 Å². The van der Waals surface area contributed by atoms with Gasteiger partial charge >= 0.3 is 0 Å². The molecular formula is C14H16ClN5O. The highest BCUT2D eigenvalue weighted by molar-refractivity contribution is 6.30. The third-order valence-corrected chi connectivity index (χ3v) is 3.67. The smallest absolute Gasteiger partial charge is 0.225 e. The first-order valence-electron chi connectivity index (χ1n) is 6.74. The molecule has 6 nitrogen and oxygen atoms in total. The van der Waals surface area contributed by atoms with Crippen molar-refractivity contribution in [3.63, 3.8) is 0 Å². The molecule has 0 bridgehead atoms. The summed E-state index contributed by atoms with van der Waals surface area (Å²) in [7, 11) is 1.61. The lowest BCUT2D eigenvalue weighted by Crippen LogP contribution is -2.47. The largest absolute Gasteiger partial charge is 0.494 e. The third-order valence-electron chi connectivity index (χ3n) is 3.45. The molecule has 110 valence electrons. The van der Waals surface area contributed by atoms with Gasteiger partial charge in [-0.2, -0.15) is 0 Å². The number of nitrogens with zero attached hydrogens (tertiary/aromatic N) is 5. The average Bonchev–Trinajstić information content (AvgIpc) is 2.56. The van der Waals surface area contributed by atoms with Crippen LogP contribution in [0.2, 0.25) is 5.02 Å². The molecule has 21 heavy (non-hydrogen) atoms. The third kappa shape index (κ3) is 3.16. The van der Waals surface area contributed by atoms with Crippen LogP contribution in [0.1, 0.15) is 0 Å². The maximum Gasteiger partial charge on any atom is 0.225 e. The van der Waals surface area contributed by atoms with Gasteiger partial charge in [-0.15, -0.1) is 0 Å². The normalized spacial score (nSPS) is 15.1. The molecule has 2 aromatic rings. The summed E-state index contributed by atoms with van der Waals surface area (Å²) in [5.41, 5.74) is 0. The number of halogens is 1. The van der Waals surface area contributed by atoms with Crippen LogP contribution in [0.5, 0.6) is 5.75 Å². The summed E-state index contributed by atoms with van der Waals surface area (Å²) in [4.78, 5) is 17.4. The quantitative estimate of drug-likeness (QED) is 0.863. The van der Waals surface area contributed by atoms with Crippen LogP contribution in [-0.4, -0.2) is 48.2 Å². The minimum absolute atomic E-state index is 0.656. The number of pyridine rings is 1. The van der Waals surface area contributed by atoms with E-state index >= 15 is 0 Å². The Bertz CT molecular complexity index is 581. The van der Waals surface area contributed by atoms with Crippen molar-refractivity contribution in [1.82, 2.24) is 15.0 Å². The van der Waals surface area contributed by atoms with Gasteiger partial charge in [0.2, 0.25) is 5.95 Å². The lowest BCUT2D eigenvalue weighted by molar-refractivity contribution is 0.410. The number of anilines is 2. The zero-order valence-corrected chi connectivity index (χ0v) is 12.5. The molecule has 0 atom stereocenters. The first-order chi connectivity index (χ1) is 10.3. The summed E-state index contributed by atoms with van der Waals surface area (Å²) in [6.45, 7) is 3.47. The molecule has 0 aliphatic carbocycles. The van der Waals surface area contributed by atoms with Crippen molar-refractivity contribution in [3.05, 3.63) is 35.7 Å². The van der Waals surface area contributed by atoms with Crippen LogP contribution in [0, 0.1) is 0 Å². The maximum absolute atomic E-state index is 5.86. The molecule has 3 rings (SSSR count). The van der Waals surface area contributed by atoms with Crippen molar-refractivity contribution in [1.29, 1.82) is 0 Å². The first kappa shape index (κ1) is 13.9. The second-order valence-corrected chi connectivity index (χ2v) is 5.17. The Morgan fingerprint density at radius 2 is 1.62 bits per heavy atom. The number of piperazine rings is 1. The van der Waals surface area contributed by atoms with E-state index in [9.17, 15) is 0 Å². The van der Waals surface area contributed by atoms with Crippen molar-refractivity contribution < 1.29 is 4.74 Å². The number of methoxy groups -OCH3 is 1. The van der Waals surface area contributed by atoms with Crippen LogP contribution in [-0.2, 0) is 0 Å². The Balaban J connectivity index is 1.62. The second-order valence-electron chi connectivity index (χ2n) is 4.73. The summed E-state index contributed by atoms with van der Waals surface area (Å²) in [6, 6.07) is 3.81. The van der Waals surface area contributed by atoms with Gasteiger partial charge in [0.05, 0.1) is 24.5 Å². The minimum Gasteiger partial charge on any atom is -0.494 e. The van der Waals surface area contributed by atoms with Gasteiger partial charge in [0, 0.05) is 32.4 Å². The molecule has 2 aromatic heterocycles. The van der Waals surface area contributed by atoms with Crippen molar-refractivity contribution in [2.24, 2.45) is 0 Å². The van der Waals surface area contributed by atoms with Gasteiger partial charge in [-0.3, -0.25) is 0 Å². The summed E-state index contributed by atoms with van der Waals surface area (Å²) in [6.07, 6.45) is 5.06. The van der Waals surface area contributed by atoms with Gasteiger partial charge in [0.15, 0.2) is 5.75 Å². The fourth-order valence-corrected chi connectivity index (χ4v) is 2.38. The standard InChI is InChI=1S/C14H16ClN5O/c1-21-12-9-17-14(18-10-12)20-6-4-19(5-7-20)13-3-2-11(15)8-16-13/h2-3,8-10H,4-7H2,1H3. The summed E-state index contributed by atoms with van der Waals surface area (Å²) >= 11 is 5.86. The van der Waals surface area contributed by atoms with Gasteiger partial charge in [-0.05, 0) is 12.1 Å². The molecule has 0 radical (unpaired) electrons. The molecular weight excluding hydrogens is 290 g/mol. The van der Waals surface area contributed by atoms with E-state index in [-0.39, 0.29) is 0 Å². The van der Waals surface area contributed by atoms with Gasteiger partial charge in [0.25, 0.3) is 0 Å². The number of ether oxygens (including phenoxy) is 1. The first-order valence-corrected chi connectivity index (χ1v) is 7.11. The van der Waals surface area contributed by atoms with E-state index in [4.69, 9.17) is 16.3 Å². The van der Waals surface area contributed by atoms with Crippen LogP contribution in [0.3, 0.4) is 0 Å². The molecule has 0 unspecified atom stereocenters. The predicted molar refractivity (Wildman–Crippen MR) is 82.3 cm³/mol. The van der Waals surface area contributed by atoms with Gasteiger partial charge in [0.1, 0.15) is 5.82 Å². The fraction of sp³-hybridized carbons (Fsp3) is 0.357. The van der Waals surface area contributed by atoms with E-state index in [1.54, 1.807) is 25.7 Å². The molecule has 0 amide bonds. The van der Waals surface area contributed by atoms with Crippen LogP contribution in [0.25, 0.3) is 0 Å². The summed E-state index contributed by atoms with van der Waals surface area (Å²) in [5.74, 6) is 2.36. The van der Waals surface area contributed by atoms with E-state index < -0.39 is 0 Å². The summed E-state index contributed by atoms with van der Waals surface area (Å²) in [5, 5.41) is 0.656. The molecule has 0 spiro atoms. The Hall–Kier alpha value is -2.08. The van der Waals surface area contributed by atoms with E-state index in [1.165, 1.54) is 0 Å². The van der Waals surface area contributed by atoms with Crippen molar-refractivity contribution >= 4 is 23.4 Å². The molecule has 0 N–H and O–H groups in total. The lowest BCUT2D eigenvalue weighted by Gasteiger charge is -2.35. The minimum atomic E-state index is 0.656. The highest BCUT2D eigenvalue weighted by Crippen LogP contribution is 2.18. The monoisotopic (exact) mass is 305 g/mol. The molecule has 0 saturated carbocycles. The molecule has 1 saturated heterocycles. The molecule has 1 aliphatic heterocycles. The Morgan fingerprint density at radius 3 is 2.19 bits per heavy atom. The zero-order valence-electron chi connectivity index (χ0n) is 11.7. The highest BCUT2D eigenvalue weighted by atomic mass is 35.5. The Labute approximate surface area is 128 Å². The van der Waals surface area contributed by atoms with E-state index in [2.05, 4.69) is 24.8 Å². The molecule has 1 fully saturated rings. The van der Waals surface area contributed by atoms with Crippen LogP contribution in [0.4, 0.5) is 11.8 Å². The van der Waals surface area contributed by atoms with Crippen molar-refractivity contribution in [3.8, 4) is 5.75 Å². The Morgan fingerprint density at radius 1 is 0.952 bits per heavy atom. The highest BCUT2D eigenvalue weighted by Gasteiger charge is 2.19. The van der Waals surface area contributed by atoms with E-state index in [0.29, 0.717) is 10.8 Å². The van der Waals surface area contributed by atoms with Gasteiger partial charge in [-0.25, -0.2) is 15.0 Å². The number of hydrogen-bond donors (Lipinski definition) is 0. The fourth-order valence-electron chi connectivity index (χ4n) is 2.27. The van der Waals surface area contributed by atoms with Gasteiger partial charge in [-0.1, -0.05) is 11.6 Å². The van der Waals surface area contributed by atoms with Crippen LogP contribution < -0.4 is 14.5 Å². The van der Waals surface area contributed by atoms with Crippen LogP contribution in [0.15, 0.2) is 30.7 Å². The average molecular weight is 306 g/mol. The number of aromatic nitrogens is 3. The van der Waals surface area contributed by atoms with Crippen LogP contribution >= 0.6 is 11.6 Å². The lowest BCUT2D eigenvalue weighted by atomic mass is 10.3. The second kappa shape index (κ2) is 6.13. The SMILES string of the molecule is COc1cnc(N2CCN(c3ccc(Cl)cn3)CC2)nc1. The van der Waals surface area contributed by atoms with Gasteiger partial charge < -0.3 is 14.5 Å². The number of rotatable bonds is 3. The molecule has 0 aromatic carbocycles. The predicted octanol–water partition coefficient (Wildman–Crippen LogP) is 1.86.